The Labute approximate surface area is 99.6 Å². The molecule has 88 valence electrons. The molecule has 4 heteroatoms. The number of hydrogen-bond acceptors (Lipinski definition) is 4. The van der Waals surface area contributed by atoms with Crippen molar-refractivity contribution in [3.05, 3.63) is 35.4 Å². The molecule has 0 spiro atoms. The zero-order valence-electron chi connectivity index (χ0n) is 9.81. The lowest BCUT2D eigenvalue weighted by molar-refractivity contribution is 0.450. The Morgan fingerprint density at radius 1 is 1.00 bits per heavy atom. The van der Waals surface area contributed by atoms with E-state index < -0.39 is 0 Å². The molecule has 0 bridgehead atoms. The molecular weight excluding hydrogens is 216 g/mol. The topological polar surface area (TPSA) is 65.2 Å². The Hall–Kier alpha value is -2.10. The molecule has 0 atom stereocenters. The van der Waals surface area contributed by atoms with E-state index in [0.717, 1.165) is 17.7 Å². The Bertz CT molecular complexity index is 522. The van der Waals surface area contributed by atoms with Crippen LogP contribution in [0.25, 0.3) is 0 Å². The first kappa shape index (κ1) is 11.4. The molecule has 1 aromatic rings. The zero-order valence-corrected chi connectivity index (χ0v) is 9.81. The number of rotatable bonds is 1. The minimum absolute atomic E-state index is 0.0127. The first-order chi connectivity index (χ1) is 8.04. The van der Waals surface area contributed by atoms with Gasteiger partial charge in [0.2, 0.25) is 0 Å². The summed E-state index contributed by atoms with van der Waals surface area (Å²) in [5.74, 6) is 0.0254. The van der Waals surface area contributed by atoms with Crippen LogP contribution in [0.3, 0.4) is 0 Å². The van der Waals surface area contributed by atoms with Crippen LogP contribution in [0.5, 0.6) is 11.5 Å². The molecule has 0 fully saturated rings. The third-order valence-electron chi connectivity index (χ3n) is 2.44. The average molecular weight is 230 g/mol. The number of benzene rings is 1. The summed E-state index contributed by atoms with van der Waals surface area (Å²) < 4.78 is 0. The number of phenolic OH excluding ortho intramolecular Hbond substituents is 2. The second-order valence-electron chi connectivity index (χ2n) is 4.23. The van der Waals surface area contributed by atoms with Crippen LogP contribution in [0, 0.1) is 0 Å². The average Bonchev–Trinajstić information content (AvgIpc) is 2.38. The fraction of sp³-hybridized carbons (Fsp3) is 0.231. The second-order valence-corrected chi connectivity index (χ2v) is 4.23. The minimum Gasteiger partial charge on any atom is -0.508 e. The molecule has 1 aliphatic rings. The van der Waals surface area contributed by atoms with Crippen LogP contribution in [0.2, 0.25) is 0 Å². The van der Waals surface area contributed by atoms with Gasteiger partial charge >= 0.3 is 0 Å². The largest absolute Gasteiger partial charge is 0.508 e. The Balaban J connectivity index is 2.49. The Morgan fingerprint density at radius 2 is 1.65 bits per heavy atom. The normalized spacial score (nSPS) is 15.8. The monoisotopic (exact) mass is 230 g/mol. The van der Waals surface area contributed by atoms with Gasteiger partial charge in [-0.2, -0.15) is 10.2 Å². The number of nitrogens with zero attached hydrogens (tertiary/aromatic N) is 2. The van der Waals surface area contributed by atoms with Gasteiger partial charge in [-0.05, 0) is 32.1 Å². The van der Waals surface area contributed by atoms with Gasteiger partial charge in [0, 0.05) is 23.8 Å². The summed E-state index contributed by atoms with van der Waals surface area (Å²) in [6.07, 6.45) is 2.70. The van der Waals surface area contributed by atoms with Crippen LogP contribution in [0.1, 0.15) is 25.8 Å². The molecule has 0 saturated carbocycles. The maximum atomic E-state index is 9.44. The first-order valence-electron chi connectivity index (χ1n) is 5.36. The molecule has 1 aromatic carbocycles. The third kappa shape index (κ3) is 2.72. The van der Waals surface area contributed by atoms with E-state index in [0.29, 0.717) is 11.3 Å². The summed E-state index contributed by atoms with van der Waals surface area (Å²) in [6, 6.07) is 4.39. The summed E-state index contributed by atoms with van der Waals surface area (Å²) in [7, 11) is 0. The van der Waals surface area contributed by atoms with Gasteiger partial charge in [0.1, 0.15) is 11.5 Å². The van der Waals surface area contributed by atoms with Crippen molar-refractivity contribution >= 4 is 11.4 Å². The predicted octanol–water partition coefficient (Wildman–Crippen LogP) is 2.61. The quantitative estimate of drug-likeness (QED) is 0.778. The standard InChI is InChI=1S/C13H14N2O2/c1-8-3-9(2)14-15-13(4-8)10-5-11(16)7-12(17)6-10/h4-7,16-17H,3H2,1-2H3. The summed E-state index contributed by atoms with van der Waals surface area (Å²) in [6.45, 7) is 3.92. The maximum Gasteiger partial charge on any atom is 0.119 e. The van der Waals surface area contributed by atoms with Gasteiger partial charge in [-0.3, -0.25) is 0 Å². The van der Waals surface area contributed by atoms with E-state index in [2.05, 4.69) is 10.2 Å². The molecular formula is C13H14N2O2. The molecule has 2 rings (SSSR count). The van der Waals surface area contributed by atoms with Crippen LogP contribution >= 0.6 is 0 Å². The molecule has 0 radical (unpaired) electrons. The van der Waals surface area contributed by atoms with Crippen molar-refractivity contribution in [1.82, 2.24) is 0 Å². The molecule has 0 aliphatic carbocycles. The van der Waals surface area contributed by atoms with E-state index in [1.807, 2.05) is 19.9 Å². The van der Waals surface area contributed by atoms with Gasteiger partial charge in [-0.15, -0.1) is 0 Å². The van der Waals surface area contributed by atoms with Crippen molar-refractivity contribution < 1.29 is 10.2 Å². The van der Waals surface area contributed by atoms with E-state index in [9.17, 15) is 10.2 Å². The number of phenols is 2. The van der Waals surface area contributed by atoms with E-state index in [1.54, 1.807) is 12.1 Å². The predicted molar refractivity (Wildman–Crippen MR) is 67.8 cm³/mol. The molecule has 1 heterocycles. The van der Waals surface area contributed by atoms with E-state index in [-0.39, 0.29) is 11.5 Å². The lowest BCUT2D eigenvalue weighted by atomic mass is 10.0. The Morgan fingerprint density at radius 3 is 2.29 bits per heavy atom. The highest BCUT2D eigenvalue weighted by Crippen LogP contribution is 2.22. The molecule has 0 saturated heterocycles. The van der Waals surface area contributed by atoms with Gasteiger partial charge in [0.15, 0.2) is 0 Å². The fourth-order valence-electron chi connectivity index (χ4n) is 1.78. The smallest absolute Gasteiger partial charge is 0.119 e. The van der Waals surface area contributed by atoms with E-state index in [4.69, 9.17) is 0 Å². The van der Waals surface area contributed by atoms with E-state index in [1.165, 1.54) is 6.07 Å². The zero-order chi connectivity index (χ0) is 12.4. The number of aromatic hydroxyl groups is 2. The molecule has 0 unspecified atom stereocenters. The van der Waals surface area contributed by atoms with Crippen LogP contribution in [-0.4, -0.2) is 21.6 Å². The number of hydrogen-bond donors (Lipinski definition) is 2. The van der Waals surface area contributed by atoms with Crippen LogP contribution in [0.15, 0.2) is 40.1 Å². The van der Waals surface area contributed by atoms with Crippen LogP contribution in [0.4, 0.5) is 0 Å². The van der Waals surface area contributed by atoms with E-state index >= 15 is 0 Å². The SMILES string of the molecule is CC1=CC(c2cc(O)cc(O)c2)=NN=C(C)C1. The maximum absolute atomic E-state index is 9.44. The van der Waals surface area contributed by atoms with Crippen molar-refractivity contribution in [1.29, 1.82) is 0 Å². The highest BCUT2D eigenvalue weighted by atomic mass is 16.3. The molecule has 0 amide bonds. The van der Waals surface area contributed by atoms with Gasteiger partial charge in [-0.25, -0.2) is 0 Å². The van der Waals surface area contributed by atoms with Crippen molar-refractivity contribution in [2.45, 2.75) is 20.3 Å². The Kier molecular flexibility index (Phi) is 2.95. The molecule has 1 aliphatic heterocycles. The van der Waals surface area contributed by atoms with Gasteiger partial charge in [0.05, 0.1) is 5.71 Å². The first-order valence-corrected chi connectivity index (χ1v) is 5.36. The fourth-order valence-corrected chi connectivity index (χ4v) is 1.78. The van der Waals surface area contributed by atoms with Crippen molar-refractivity contribution in [3.63, 3.8) is 0 Å². The second kappa shape index (κ2) is 4.41. The van der Waals surface area contributed by atoms with Crippen molar-refractivity contribution in [3.8, 4) is 11.5 Å². The van der Waals surface area contributed by atoms with Gasteiger partial charge < -0.3 is 10.2 Å². The third-order valence-corrected chi connectivity index (χ3v) is 2.44. The minimum atomic E-state index is 0.0127. The van der Waals surface area contributed by atoms with Gasteiger partial charge in [-0.1, -0.05) is 5.57 Å². The van der Waals surface area contributed by atoms with Gasteiger partial charge in [0.25, 0.3) is 0 Å². The highest BCUT2D eigenvalue weighted by Gasteiger charge is 2.08. The highest BCUT2D eigenvalue weighted by molar-refractivity contribution is 6.10. The molecule has 4 nitrogen and oxygen atoms in total. The lowest BCUT2D eigenvalue weighted by Crippen LogP contribution is -1.96. The lowest BCUT2D eigenvalue weighted by Gasteiger charge is -2.02. The van der Waals surface area contributed by atoms with Crippen LogP contribution in [-0.2, 0) is 0 Å². The summed E-state index contributed by atoms with van der Waals surface area (Å²) in [5, 5.41) is 27.1. The molecule has 2 N–H and O–H groups in total. The van der Waals surface area contributed by atoms with Crippen molar-refractivity contribution in [2.24, 2.45) is 10.2 Å². The molecule has 0 aromatic heterocycles. The van der Waals surface area contributed by atoms with Crippen molar-refractivity contribution in [2.75, 3.05) is 0 Å². The summed E-state index contributed by atoms with van der Waals surface area (Å²) in [4.78, 5) is 0. The van der Waals surface area contributed by atoms with Crippen LogP contribution < -0.4 is 0 Å². The molecule has 17 heavy (non-hydrogen) atoms. The summed E-state index contributed by atoms with van der Waals surface area (Å²) >= 11 is 0. The summed E-state index contributed by atoms with van der Waals surface area (Å²) in [5.41, 5.74) is 3.38. The number of allylic oxidation sites excluding steroid dienone is 2.